The van der Waals surface area contributed by atoms with Gasteiger partial charge in [0, 0.05) is 5.69 Å². The van der Waals surface area contributed by atoms with Crippen molar-refractivity contribution in [3.63, 3.8) is 0 Å². The van der Waals surface area contributed by atoms with E-state index in [2.05, 4.69) is 4.84 Å². The molecule has 0 heterocycles. The Hall–Kier alpha value is -1.22. The number of benzene rings is 1. The average molecular weight is 154 g/mol. The van der Waals surface area contributed by atoms with Crippen molar-refractivity contribution in [2.75, 3.05) is 5.73 Å². The molecule has 1 rings (SSSR count). The van der Waals surface area contributed by atoms with Crippen molar-refractivity contribution in [3.8, 4) is 5.75 Å². The summed E-state index contributed by atoms with van der Waals surface area (Å²) < 4.78 is 0. The molecule has 0 aliphatic carbocycles. The molecule has 0 saturated heterocycles. The second kappa shape index (κ2) is 5.56. The molecule has 0 atom stereocenters. The van der Waals surface area contributed by atoms with Gasteiger partial charge in [0.05, 0.1) is 0 Å². The Labute approximate surface area is 66.9 Å². The summed E-state index contributed by atoms with van der Waals surface area (Å²) in [6.45, 7) is 4.00. The summed E-state index contributed by atoms with van der Waals surface area (Å²) in [7, 11) is 0. The number of rotatable bonds is 1. The smallest absolute Gasteiger partial charge is 0.146 e. The summed E-state index contributed by atoms with van der Waals surface area (Å²) in [5.74, 6) is 5.47. The van der Waals surface area contributed by atoms with Gasteiger partial charge in [0.2, 0.25) is 0 Å². The minimum atomic E-state index is 0.615. The number of nitrogen functional groups attached to an aromatic ring is 1. The minimum absolute atomic E-state index is 0.615. The van der Waals surface area contributed by atoms with Gasteiger partial charge in [-0.05, 0) is 24.3 Å². The molecule has 3 nitrogen and oxygen atoms in total. The van der Waals surface area contributed by atoms with Crippen molar-refractivity contribution in [2.45, 2.75) is 13.8 Å². The molecule has 0 spiro atoms. The topological polar surface area (TPSA) is 61.3 Å². The fraction of sp³-hybridized carbons (Fsp3) is 0.250. The van der Waals surface area contributed by atoms with Gasteiger partial charge in [0.15, 0.2) is 0 Å². The van der Waals surface area contributed by atoms with Gasteiger partial charge in [-0.1, -0.05) is 13.8 Å². The van der Waals surface area contributed by atoms with Crippen molar-refractivity contribution in [3.05, 3.63) is 24.3 Å². The molecule has 4 N–H and O–H groups in total. The normalized spacial score (nSPS) is 7.91. The predicted molar refractivity (Wildman–Crippen MR) is 47.0 cm³/mol. The zero-order valence-corrected chi connectivity index (χ0v) is 6.87. The van der Waals surface area contributed by atoms with Crippen LogP contribution in [-0.4, -0.2) is 0 Å². The average Bonchev–Trinajstić information content (AvgIpc) is 2.10. The summed E-state index contributed by atoms with van der Waals surface area (Å²) in [5, 5.41) is 0. The third-order valence-electron chi connectivity index (χ3n) is 1.02. The van der Waals surface area contributed by atoms with Crippen LogP contribution in [0.2, 0.25) is 0 Å². The molecule has 0 saturated carbocycles. The Morgan fingerprint density at radius 3 is 1.91 bits per heavy atom. The molecule has 0 amide bonds. The zero-order chi connectivity index (χ0) is 8.69. The van der Waals surface area contributed by atoms with Crippen LogP contribution in [0.15, 0.2) is 24.3 Å². The van der Waals surface area contributed by atoms with E-state index in [-0.39, 0.29) is 0 Å². The first-order valence-corrected chi connectivity index (χ1v) is 3.55. The molecule has 0 fully saturated rings. The van der Waals surface area contributed by atoms with Gasteiger partial charge in [-0.15, -0.1) is 0 Å². The molecule has 0 unspecified atom stereocenters. The van der Waals surface area contributed by atoms with Crippen LogP contribution in [0.1, 0.15) is 13.8 Å². The van der Waals surface area contributed by atoms with Crippen molar-refractivity contribution >= 4 is 5.69 Å². The summed E-state index contributed by atoms with van der Waals surface area (Å²) in [6.07, 6.45) is 0. The largest absolute Gasteiger partial charge is 0.412 e. The third-order valence-corrected chi connectivity index (χ3v) is 1.02. The Morgan fingerprint density at radius 2 is 1.55 bits per heavy atom. The van der Waals surface area contributed by atoms with Gasteiger partial charge in [-0.2, -0.15) is 5.90 Å². The maximum Gasteiger partial charge on any atom is 0.146 e. The fourth-order valence-corrected chi connectivity index (χ4v) is 0.546. The van der Waals surface area contributed by atoms with Gasteiger partial charge in [-0.3, -0.25) is 0 Å². The van der Waals surface area contributed by atoms with Crippen LogP contribution < -0.4 is 16.5 Å². The van der Waals surface area contributed by atoms with Gasteiger partial charge >= 0.3 is 0 Å². The van der Waals surface area contributed by atoms with Crippen LogP contribution >= 0.6 is 0 Å². The first-order valence-electron chi connectivity index (χ1n) is 3.55. The highest BCUT2D eigenvalue weighted by molar-refractivity contribution is 5.41. The van der Waals surface area contributed by atoms with Crippen molar-refractivity contribution < 1.29 is 4.84 Å². The molecule has 0 aliphatic heterocycles. The molecular weight excluding hydrogens is 140 g/mol. The van der Waals surface area contributed by atoms with E-state index in [1.807, 2.05) is 13.8 Å². The monoisotopic (exact) mass is 154 g/mol. The molecule has 3 heteroatoms. The quantitative estimate of drug-likeness (QED) is 0.476. The Balaban J connectivity index is 0.000000461. The summed E-state index contributed by atoms with van der Waals surface area (Å²) in [4.78, 5) is 4.41. The minimum Gasteiger partial charge on any atom is -0.412 e. The lowest BCUT2D eigenvalue weighted by atomic mass is 10.3. The second-order valence-electron chi connectivity index (χ2n) is 1.69. The van der Waals surface area contributed by atoms with Gasteiger partial charge < -0.3 is 10.6 Å². The standard InChI is InChI=1S/C6H8N2O.C2H6/c7-5-1-3-6(9-8)4-2-5;1-2/h1-4H,7-8H2;1-2H3. The van der Waals surface area contributed by atoms with Crippen LogP contribution in [-0.2, 0) is 0 Å². The van der Waals surface area contributed by atoms with Crippen LogP contribution in [0.5, 0.6) is 5.75 Å². The van der Waals surface area contributed by atoms with Crippen LogP contribution in [0.4, 0.5) is 5.69 Å². The molecule has 62 valence electrons. The third kappa shape index (κ3) is 3.47. The molecule has 0 bridgehead atoms. The zero-order valence-electron chi connectivity index (χ0n) is 6.87. The molecular formula is C8H14N2O. The first-order chi connectivity index (χ1) is 5.33. The predicted octanol–water partition coefficient (Wildman–Crippen LogP) is 1.55. The van der Waals surface area contributed by atoms with Crippen LogP contribution in [0, 0.1) is 0 Å². The van der Waals surface area contributed by atoms with E-state index in [9.17, 15) is 0 Å². The number of nitrogens with two attached hydrogens (primary N) is 2. The van der Waals surface area contributed by atoms with Crippen molar-refractivity contribution in [1.29, 1.82) is 0 Å². The molecule has 0 radical (unpaired) electrons. The maximum absolute atomic E-state index is 5.38. The number of hydrogen-bond donors (Lipinski definition) is 2. The summed E-state index contributed by atoms with van der Waals surface area (Å²) in [6, 6.07) is 6.86. The van der Waals surface area contributed by atoms with Crippen molar-refractivity contribution in [1.82, 2.24) is 0 Å². The molecule has 0 aliphatic rings. The molecule has 1 aromatic rings. The van der Waals surface area contributed by atoms with E-state index in [4.69, 9.17) is 11.6 Å². The first kappa shape index (κ1) is 9.78. The van der Waals surface area contributed by atoms with E-state index in [0.29, 0.717) is 11.4 Å². The van der Waals surface area contributed by atoms with E-state index in [1.54, 1.807) is 24.3 Å². The Bertz CT molecular complexity index is 184. The van der Waals surface area contributed by atoms with Gasteiger partial charge in [-0.25, -0.2) is 0 Å². The summed E-state index contributed by atoms with van der Waals surface area (Å²) >= 11 is 0. The van der Waals surface area contributed by atoms with Gasteiger partial charge in [0.25, 0.3) is 0 Å². The SMILES string of the molecule is CC.NOc1ccc(N)cc1. The highest BCUT2D eigenvalue weighted by Crippen LogP contribution is 2.10. The lowest BCUT2D eigenvalue weighted by molar-refractivity contribution is 0.334. The maximum atomic E-state index is 5.38. The van der Waals surface area contributed by atoms with E-state index in [0.717, 1.165) is 0 Å². The van der Waals surface area contributed by atoms with E-state index >= 15 is 0 Å². The lowest BCUT2D eigenvalue weighted by Gasteiger charge is -1.96. The van der Waals surface area contributed by atoms with Gasteiger partial charge in [0.1, 0.15) is 5.75 Å². The highest BCUT2D eigenvalue weighted by atomic mass is 16.6. The van der Waals surface area contributed by atoms with Crippen molar-refractivity contribution in [2.24, 2.45) is 5.90 Å². The number of hydrogen-bond acceptors (Lipinski definition) is 3. The summed E-state index contributed by atoms with van der Waals surface area (Å²) in [5.41, 5.74) is 6.09. The van der Waals surface area contributed by atoms with E-state index < -0.39 is 0 Å². The lowest BCUT2D eigenvalue weighted by Crippen LogP contribution is -2.01. The Kier molecular flexibility index (Phi) is 4.94. The molecule has 0 aromatic heterocycles. The second-order valence-corrected chi connectivity index (χ2v) is 1.69. The number of anilines is 1. The van der Waals surface area contributed by atoms with E-state index in [1.165, 1.54) is 0 Å². The van der Waals surface area contributed by atoms with Crippen LogP contribution in [0.3, 0.4) is 0 Å². The Morgan fingerprint density at radius 1 is 1.09 bits per heavy atom. The molecule has 11 heavy (non-hydrogen) atoms. The molecule has 1 aromatic carbocycles. The highest BCUT2D eigenvalue weighted by Gasteiger charge is 1.86. The fourth-order valence-electron chi connectivity index (χ4n) is 0.546. The van der Waals surface area contributed by atoms with Crippen LogP contribution in [0.25, 0.3) is 0 Å².